The number of carbonyl (C=O) groups is 2. The van der Waals surface area contributed by atoms with Gasteiger partial charge in [0.1, 0.15) is 17.8 Å². The Morgan fingerprint density at radius 1 is 1.25 bits per heavy atom. The predicted molar refractivity (Wildman–Crippen MR) is 85.2 cm³/mol. The topological polar surface area (TPSA) is 71.1 Å². The molecule has 124 valence electrons. The van der Waals surface area contributed by atoms with E-state index in [-0.39, 0.29) is 28.5 Å². The summed E-state index contributed by atoms with van der Waals surface area (Å²) < 4.78 is 26.6. The van der Waals surface area contributed by atoms with Crippen molar-refractivity contribution < 1.29 is 18.4 Å². The van der Waals surface area contributed by atoms with Crippen LogP contribution >= 0.6 is 11.6 Å². The highest BCUT2D eigenvalue weighted by molar-refractivity contribution is 6.34. The van der Waals surface area contributed by atoms with Crippen LogP contribution in [0.15, 0.2) is 36.5 Å². The molecule has 0 saturated heterocycles. The summed E-state index contributed by atoms with van der Waals surface area (Å²) in [5, 5.41) is 4.93. The normalized spacial score (nSPS) is 18.8. The lowest BCUT2D eigenvalue weighted by molar-refractivity contribution is -0.117. The number of pyridine rings is 1. The van der Waals surface area contributed by atoms with Crippen molar-refractivity contribution in [3.63, 3.8) is 0 Å². The van der Waals surface area contributed by atoms with Gasteiger partial charge in [0.25, 0.3) is 5.91 Å². The van der Waals surface area contributed by atoms with Gasteiger partial charge in [-0.1, -0.05) is 17.7 Å². The SMILES string of the molecule is O=C(Nc1ccnc(NC(=O)C2C[C@H]2F)c1)c1c(F)cccc1Cl. The van der Waals surface area contributed by atoms with Crippen LogP contribution in [0.2, 0.25) is 5.02 Å². The van der Waals surface area contributed by atoms with E-state index >= 15 is 0 Å². The van der Waals surface area contributed by atoms with Crippen LogP contribution in [0.3, 0.4) is 0 Å². The zero-order valence-corrected chi connectivity index (χ0v) is 13.0. The Morgan fingerprint density at radius 2 is 2.00 bits per heavy atom. The van der Waals surface area contributed by atoms with Gasteiger partial charge < -0.3 is 10.6 Å². The molecule has 0 bridgehead atoms. The monoisotopic (exact) mass is 351 g/mol. The molecule has 1 aliphatic carbocycles. The number of rotatable bonds is 4. The highest BCUT2D eigenvalue weighted by Gasteiger charge is 2.43. The molecule has 1 aliphatic rings. The van der Waals surface area contributed by atoms with Gasteiger partial charge in [-0.05, 0) is 24.6 Å². The minimum absolute atomic E-state index is 0.0159. The lowest BCUT2D eigenvalue weighted by Gasteiger charge is -2.09. The van der Waals surface area contributed by atoms with Gasteiger partial charge in [-0.25, -0.2) is 13.8 Å². The van der Waals surface area contributed by atoms with Crippen LogP contribution in [0, 0.1) is 11.7 Å². The molecule has 0 aliphatic heterocycles. The number of alkyl halides is 1. The molecule has 2 aromatic rings. The third-order valence-electron chi connectivity index (χ3n) is 3.51. The Bertz CT molecular complexity index is 795. The van der Waals surface area contributed by atoms with E-state index in [1.54, 1.807) is 0 Å². The Hall–Kier alpha value is -2.54. The number of carbonyl (C=O) groups excluding carboxylic acids is 2. The molecule has 2 N–H and O–H groups in total. The van der Waals surface area contributed by atoms with Gasteiger partial charge in [-0.3, -0.25) is 9.59 Å². The number of anilines is 2. The number of halogens is 3. The van der Waals surface area contributed by atoms with E-state index in [0.29, 0.717) is 0 Å². The van der Waals surface area contributed by atoms with Crippen LogP contribution in [0.25, 0.3) is 0 Å². The number of nitrogens with zero attached hydrogens (tertiary/aromatic N) is 1. The summed E-state index contributed by atoms with van der Waals surface area (Å²) in [5.41, 5.74) is 0.0111. The van der Waals surface area contributed by atoms with Crippen molar-refractivity contribution in [2.75, 3.05) is 10.6 Å². The summed E-state index contributed by atoms with van der Waals surface area (Å²) in [6.45, 7) is 0. The standard InChI is InChI=1S/C16H12ClF2N3O2/c17-10-2-1-3-11(18)14(10)16(24)21-8-4-5-20-13(6-8)22-15(23)9-7-12(9)19/h1-6,9,12H,7H2,(H2,20,21,22,23,24)/t9?,12-/m1/s1. The summed E-state index contributed by atoms with van der Waals surface area (Å²) >= 11 is 5.84. The molecule has 0 radical (unpaired) electrons. The fraction of sp³-hybridized carbons (Fsp3) is 0.188. The average Bonchev–Trinajstić information content (AvgIpc) is 3.24. The molecule has 3 rings (SSSR count). The highest BCUT2D eigenvalue weighted by atomic mass is 35.5. The maximum Gasteiger partial charge on any atom is 0.260 e. The Labute approximate surface area is 141 Å². The second-order valence-electron chi connectivity index (χ2n) is 5.33. The van der Waals surface area contributed by atoms with Crippen LogP contribution in [0.5, 0.6) is 0 Å². The molecular weight excluding hydrogens is 340 g/mol. The van der Waals surface area contributed by atoms with Gasteiger partial charge in [0, 0.05) is 18.0 Å². The van der Waals surface area contributed by atoms with E-state index in [1.807, 2.05) is 0 Å². The largest absolute Gasteiger partial charge is 0.322 e. The smallest absolute Gasteiger partial charge is 0.260 e. The average molecular weight is 352 g/mol. The third-order valence-corrected chi connectivity index (χ3v) is 3.82. The molecule has 1 aromatic heterocycles. The number of hydrogen-bond donors (Lipinski definition) is 2. The van der Waals surface area contributed by atoms with Crippen molar-refractivity contribution in [2.45, 2.75) is 12.6 Å². The van der Waals surface area contributed by atoms with Crippen LogP contribution in [-0.2, 0) is 4.79 Å². The highest BCUT2D eigenvalue weighted by Crippen LogP contribution is 2.34. The zero-order valence-electron chi connectivity index (χ0n) is 12.2. The van der Waals surface area contributed by atoms with Gasteiger partial charge in [-0.15, -0.1) is 0 Å². The molecule has 1 fully saturated rings. The van der Waals surface area contributed by atoms with Gasteiger partial charge in [0.2, 0.25) is 5.91 Å². The summed E-state index contributed by atoms with van der Waals surface area (Å²) in [4.78, 5) is 27.8. The first-order valence-corrected chi connectivity index (χ1v) is 7.50. The first kappa shape index (κ1) is 16.3. The first-order chi connectivity index (χ1) is 11.5. The molecule has 0 spiro atoms. The lowest BCUT2D eigenvalue weighted by Crippen LogP contribution is -2.17. The third kappa shape index (κ3) is 3.51. The number of aromatic nitrogens is 1. The predicted octanol–water partition coefficient (Wildman–Crippen LogP) is 3.42. The van der Waals surface area contributed by atoms with Gasteiger partial charge >= 0.3 is 0 Å². The van der Waals surface area contributed by atoms with Gasteiger partial charge in [0.05, 0.1) is 16.5 Å². The van der Waals surface area contributed by atoms with Crippen molar-refractivity contribution in [3.05, 3.63) is 52.9 Å². The molecule has 1 unspecified atom stereocenters. The number of hydrogen-bond acceptors (Lipinski definition) is 3. The quantitative estimate of drug-likeness (QED) is 0.886. The van der Waals surface area contributed by atoms with Crippen molar-refractivity contribution in [3.8, 4) is 0 Å². The Kier molecular flexibility index (Phi) is 4.44. The molecular formula is C16H12ClF2N3O2. The number of nitrogens with one attached hydrogen (secondary N) is 2. The summed E-state index contributed by atoms with van der Waals surface area (Å²) in [5.74, 6) is -2.42. The van der Waals surface area contributed by atoms with E-state index in [9.17, 15) is 18.4 Å². The van der Waals surface area contributed by atoms with Crippen LogP contribution < -0.4 is 10.6 Å². The molecule has 1 saturated carbocycles. The maximum absolute atomic E-state index is 13.7. The molecule has 5 nitrogen and oxygen atoms in total. The molecule has 2 amide bonds. The van der Waals surface area contributed by atoms with Gasteiger partial charge in [0.15, 0.2) is 0 Å². The molecule has 1 aromatic carbocycles. The van der Waals surface area contributed by atoms with Crippen molar-refractivity contribution >= 4 is 34.9 Å². The second kappa shape index (κ2) is 6.52. The molecule has 1 heterocycles. The van der Waals surface area contributed by atoms with Crippen LogP contribution in [0.1, 0.15) is 16.8 Å². The minimum Gasteiger partial charge on any atom is -0.322 e. The van der Waals surface area contributed by atoms with E-state index < -0.39 is 29.7 Å². The van der Waals surface area contributed by atoms with E-state index in [0.717, 1.165) is 6.07 Å². The van der Waals surface area contributed by atoms with Crippen molar-refractivity contribution in [2.24, 2.45) is 5.92 Å². The van der Waals surface area contributed by atoms with Crippen molar-refractivity contribution in [1.29, 1.82) is 0 Å². The zero-order chi connectivity index (χ0) is 17.3. The van der Waals surface area contributed by atoms with Crippen LogP contribution in [0.4, 0.5) is 20.3 Å². The minimum atomic E-state index is -1.11. The summed E-state index contributed by atoms with van der Waals surface area (Å²) in [6, 6.07) is 6.78. The number of amides is 2. The Balaban J connectivity index is 1.72. The van der Waals surface area contributed by atoms with E-state index in [2.05, 4.69) is 15.6 Å². The van der Waals surface area contributed by atoms with E-state index in [4.69, 9.17) is 11.6 Å². The van der Waals surface area contributed by atoms with Crippen LogP contribution in [-0.4, -0.2) is 23.0 Å². The second-order valence-corrected chi connectivity index (χ2v) is 5.74. The van der Waals surface area contributed by atoms with Gasteiger partial charge in [-0.2, -0.15) is 0 Å². The fourth-order valence-electron chi connectivity index (χ4n) is 2.14. The first-order valence-electron chi connectivity index (χ1n) is 7.12. The summed E-state index contributed by atoms with van der Waals surface area (Å²) in [6.07, 6.45) is 0.443. The molecule has 8 heteroatoms. The molecule has 24 heavy (non-hydrogen) atoms. The molecule has 2 atom stereocenters. The van der Waals surface area contributed by atoms with Crippen molar-refractivity contribution in [1.82, 2.24) is 4.98 Å². The van der Waals surface area contributed by atoms with E-state index in [1.165, 1.54) is 30.5 Å². The Morgan fingerprint density at radius 3 is 2.67 bits per heavy atom. The lowest BCUT2D eigenvalue weighted by atomic mass is 10.2. The number of benzene rings is 1. The summed E-state index contributed by atoms with van der Waals surface area (Å²) in [7, 11) is 0. The fourth-order valence-corrected chi connectivity index (χ4v) is 2.39. The maximum atomic E-state index is 13.7.